The quantitative estimate of drug-likeness (QED) is 0.629. The van der Waals surface area contributed by atoms with E-state index in [-0.39, 0.29) is 10.6 Å². The second kappa shape index (κ2) is 5.21. The molecule has 3 aliphatic heterocycles. The van der Waals surface area contributed by atoms with Crippen molar-refractivity contribution in [2.75, 3.05) is 31.1 Å². The molecule has 0 saturated carbocycles. The van der Waals surface area contributed by atoms with Gasteiger partial charge in [-0.3, -0.25) is 10.1 Å². The number of nitro benzene ring substituents is 1. The first-order chi connectivity index (χ1) is 10.7. The van der Waals surface area contributed by atoms with E-state index in [4.69, 9.17) is 4.98 Å². The molecule has 0 unspecified atom stereocenters. The molecule has 4 heterocycles. The van der Waals surface area contributed by atoms with Gasteiger partial charge in [-0.15, -0.1) is 0 Å². The Labute approximate surface area is 128 Å². The number of fused-ring (bicyclic) bond motifs is 5. The highest BCUT2D eigenvalue weighted by atomic mass is 16.6. The first-order valence-electron chi connectivity index (χ1n) is 7.75. The summed E-state index contributed by atoms with van der Waals surface area (Å²) in [5, 5.41) is 11.7. The highest BCUT2D eigenvalue weighted by Gasteiger charge is 2.29. The van der Waals surface area contributed by atoms with Crippen LogP contribution in [0.4, 0.5) is 11.5 Å². The van der Waals surface area contributed by atoms with Crippen LogP contribution in [-0.2, 0) is 0 Å². The maximum Gasteiger partial charge on any atom is 0.270 e. The summed E-state index contributed by atoms with van der Waals surface area (Å²) in [5.74, 6) is 0.995. The Morgan fingerprint density at radius 1 is 1.09 bits per heavy atom. The fraction of sp³-hybridized carbons (Fsp3) is 0.438. The molecule has 6 heteroatoms. The third kappa shape index (κ3) is 2.29. The zero-order chi connectivity index (χ0) is 15.1. The highest BCUT2D eigenvalue weighted by Crippen LogP contribution is 2.28. The van der Waals surface area contributed by atoms with Crippen LogP contribution >= 0.6 is 0 Å². The van der Waals surface area contributed by atoms with Gasteiger partial charge in [0.1, 0.15) is 5.82 Å². The van der Waals surface area contributed by atoms with Crippen molar-refractivity contribution in [2.24, 2.45) is 0 Å². The molecular formula is C16H18N4O2. The summed E-state index contributed by atoms with van der Waals surface area (Å²) in [4.78, 5) is 20.2. The van der Waals surface area contributed by atoms with Gasteiger partial charge in [0.2, 0.25) is 0 Å². The second-order valence-electron chi connectivity index (χ2n) is 6.07. The lowest BCUT2D eigenvalue weighted by molar-refractivity contribution is -0.384. The van der Waals surface area contributed by atoms with E-state index in [1.807, 2.05) is 12.1 Å². The average molecular weight is 298 g/mol. The van der Waals surface area contributed by atoms with Crippen LogP contribution in [0.2, 0.25) is 0 Å². The molecule has 1 aromatic heterocycles. The first-order valence-corrected chi connectivity index (χ1v) is 7.75. The number of piperidine rings is 1. The summed E-state index contributed by atoms with van der Waals surface area (Å²) in [6.07, 6.45) is 2.39. The topological polar surface area (TPSA) is 62.5 Å². The normalized spacial score (nSPS) is 24.5. The number of hydrogen-bond donors (Lipinski definition) is 0. The fourth-order valence-corrected chi connectivity index (χ4v) is 3.56. The molecule has 114 valence electrons. The van der Waals surface area contributed by atoms with Crippen molar-refractivity contribution in [3.63, 3.8) is 0 Å². The van der Waals surface area contributed by atoms with Crippen LogP contribution in [0.3, 0.4) is 0 Å². The lowest BCUT2D eigenvalue weighted by Crippen LogP contribution is -2.38. The van der Waals surface area contributed by atoms with Crippen molar-refractivity contribution >= 4 is 22.4 Å². The van der Waals surface area contributed by atoms with Crippen LogP contribution in [0.1, 0.15) is 12.8 Å². The van der Waals surface area contributed by atoms with E-state index >= 15 is 0 Å². The lowest BCUT2D eigenvalue weighted by atomic mass is 10.1. The third-order valence-corrected chi connectivity index (χ3v) is 4.82. The van der Waals surface area contributed by atoms with E-state index < -0.39 is 0 Å². The lowest BCUT2D eigenvalue weighted by Gasteiger charge is -2.32. The van der Waals surface area contributed by atoms with E-state index in [0.717, 1.165) is 29.8 Å². The number of nitrogens with zero attached hydrogens (tertiary/aromatic N) is 4. The van der Waals surface area contributed by atoms with Crippen molar-refractivity contribution in [3.8, 4) is 0 Å². The molecule has 5 rings (SSSR count). The van der Waals surface area contributed by atoms with Gasteiger partial charge in [-0.2, -0.15) is 0 Å². The summed E-state index contributed by atoms with van der Waals surface area (Å²) in [6.45, 7) is 4.47. The summed E-state index contributed by atoms with van der Waals surface area (Å²) in [5.41, 5.74) is 0.936. The average Bonchev–Trinajstić information content (AvgIpc) is 2.87. The van der Waals surface area contributed by atoms with Gasteiger partial charge in [0, 0.05) is 49.7 Å². The molecule has 0 N–H and O–H groups in total. The van der Waals surface area contributed by atoms with Crippen LogP contribution in [0.25, 0.3) is 10.9 Å². The fourth-order valence-electron chi connectivity index (χ4n) is 3.56. The number of nitro groups is 1. The molecule has 22 heavy (non-hydrogen) atoms. The maximum atomic E-state index is 10.9. The summed E-state index contributed by atoms with van der Waals surface area (Å²) in [6, 6.07) is 9.38. The van der Waals surface area contributed by atoms with Crippen molar-refractivity contribution in [2.45, 2.75) is 18.9 Å². The second-order valence-corrected chi connectivity index (χ2v) is 6.07. The molecule has 3 fully saturated rings. The molecule has 0 amide bonds. The minimum Gasteiger partial charge on any atom is -0.352 e. The van der Waals surface area contributed by atoms with E-state index in [0.29, 0.717) is 6.04 Å². The monoisotopic (exact) mass is 298 g/mol. The van der Waals surface area contributed by atoms with E-state index in [1.165, 1.54) is 32.0 Å². The van der Waals surface area contributed by atoms with Gasteiger partial charge >= 0.3 is 0 Å². The van der Waals surface area contributed by atoms with Crippen molar-refractivity contribution in [3.05, 3.63) is 40.4 Å². The van der Waals surface area contributed by atoms with E-state index in [2.05, 4.69) is 9.80 Å². The Morgan fingerprint density at radius 3 is 2.68 bits per heavy atom. The molecule has 3 saturated heterocycles. The number of pyridine rings is 1. The number of hydrogen-bond acceptors (Lipinski definition) is 5. The van der Waals surface area contributed by atoms with Gasteiger partial charge in [-0.25, -0.2) is 4.98 Å². The standard InChI is InChI=1S/C16H18N4O2/c21-20(22)14-2-3-15-12(11-14)1-4-16(17-15)19-10-9-18-7-5-13(19)6-8-18/h1-4,11,13H,5-10H2. The SMILES string of the molecule is O=[N+]([O-])c1ccc2nc(N3CCN4CCC3CC4)ccc2c1. The summed E-state index contributed by atoms with van der Waals surface area (Å²) < 4.78 is 0. The van der Waals surface area contributed by atoms with E-state index in [1.54, 1.807) is 12.1 Å². The highest BCUT2D eigenvalue weighted by molar-refractivity contribution is 5.82. The molecule has 0 atom stereocenters. The van der Waals surface area contributed by atoms with Crippen LogP contribution in [0, 0.1) is 10.1 Å². The van der Waals surface area contributed by atoms with Crippen LogP contribution in [-0.4, -0.2) is 47.0 Å². The minimum absolute atomic E-state index is 0.114. The van der Waals surface area contributed by atoms with E-state index in [9.17, 15) is 10.1 Å². The molecule has 6 nitrogen and oxygen atoms in total. The van der Waals surface area contributed by atoms with Gasteiger partial charge in [0.15, 0.2) is 0 Å². The smallest absolute Gasteiger partial charge is 0.270 e. The molecule has 3 aliphatic rings. The third-order valence-electron chi connectivity index (χ3n) is 4.82. The molecule has 0 spiro atoms. The van der Waals surface area contributed by atoms with Crippen LogP contribution < -0.4 is 4.90 Å². The summed E-state index contributed by atoms with van der Waals surface area (Å²) in [7, 11) is 0. The van der Waals surface area contributed by atoms with Gasteiger partial charge < -0.3 is 9.80 Å². The zero-order valence-electron chi connectivity index (χ0n) is 12.3. The minimum atomic E-state index is -0.366. The Morgan fingerprint density at radius 2 is 1.91 bits per heavy atom. The number of aromatic nitrogens is 1. The van der Waals surface area contributed by atoms with Gasteiger partial charge in [-0.1, -0.05) is 0 Å². The first kappa shape index (κ1) is 13.5. The van der Waals surface area contributed by atoms with Gasteiger partial charge in [0.25, 0.3) is 5.69 Å². The van der Waals surface area contributed by atoms with Crippen molar-refractivity contribution in [1.29, 1.82) is 0 Å². The Kier molecular flexibility index (Phi) is 3.18. The molecular weight excluding hydrogens is 280 g/mol. The Bertz CT molecular complexity index is 725. The number of anilines is 1. The molecule has 2 bridgehead atoms. The molecule has 1 aromatic carbocycles. The number of rotatable bonds is 2. The van der Waals surface area contributed by atoms with Gasteiger partial charge in [0.05, 0.1) is 10.4 Å². The maximum absolute atomic E-state index is 10.9. The molecule has 2 aromatic rings. The van der Waals surface area contributed by atoms with Crippen molar-refractivity contribution < 1.29 is 4.92 Å². The Hall–Kier alpha value is -2.21. The number of non-ortho nitro benzene ring substituents is 1. The summed E-state index contributed by atoms with van der Waals surface area (Å²) >= 11 is 0. The predicted octanol–water partition coefficient (Wildman–Crippen LogP) is 2.43. The Balaban J connectivity index is 1.70. The van der Waals surface area contributed by atoms with Crippen LogP contribution in [0.15, 0.2) is 30.3 Å². The van der Waals surface area contributed by atoms with Gasteiger partial charge in [-0.05, 0) is 31.0 Å². The number of benzene rings is 1. The largest absolute Gasteiger partial charge is 0.352 e. The zero-order valence-corrected chi connectivity index (χ0v) is 12.3. The van der Waals surface area contributed by atoms with Crippen LogP contribution in [0.5, 0.6) is 0 Å². The van der Waals surface area contributed by atoms with Crippen molar-refractivity contribution in [1.82, 2.24) is 9.88 Å². The predicted molar refractivity (Wildman–Crippen MR) is 85.2 cm³/mol. The molecule has 0 aliphatic carbocycles. The molecule has 0 radical (unpaired) electrons.